The van der Waals surface area contributed by atoms with Gasteiger partial charge in [0, 0.05) is 21.9 Å². The predicted octanol–water partition coefficient (Wildman–Crippen LogP) is 4.69. The van der Waals surface area contributed by atoms with Crippen LogP contribution in [0, 0.1) is 0 Å². The van der Waals surface area contributed by atoms with Gasteiger partial charge in [-0.2, -0.15) is 9.97 Å². The van der Waals surface area contributed by atoms with Crippen LogP contribution in [0.3, 0.4) is 0 Å². The molecule has 5 aromatic rings. The molecule has 0 radical (unpaired) electrons. The third kappa shape index (κ3) is 2.38. The summed E-state index contributed by atoms with van der Waals surface area (Å²) in [6.45, 7) is 0. The van der Waals surface area contributed by atoms with Gasteiger partial charge in [-0.05, 0) is 24.3 Å². The number of nitrogens with two attached hydrogens (primary N) is 1. The normalized spacial score (nSPS) is 11.2. The number of para-hydroxylation sites is 1. The van der Waals surface area contributed by atoms with E-state index < -0.39 is 0 Å². The van der Waals surface area contributed by atoms with Gasteiger partial charge >= 0.3 is 0 Å². The highest BCUT2D eigenvalue weighted by atomic mass is 16.3. The Morgan fingerprint density at radius 2 is 1.31 bits per heavy atom. The molecule has 5 nitrogen and oxygen atoms in total. The van der Waals surface area contributed by atoms with E-state index in [4.69, 9.17) is 10.2 Å². The largest absolute Gasteiger partial charge is 0.456 e. The molecule has 0 bridgehead atoms. The first-order valence-electron chi connectivity index (χ1n) is 8.26. The Labute approximate surface area is 149 Å². The maximum atomic E-state index is 5.94. The summed E-state index contributed by atoms with van der Waals surface area (Å²) in [5, 5.41) is 2.09. The zero-order valence-electron chi connectivity index (χ0n) is 13.8. The van der Waals surface area contributed by atoms with Crippen molar-refractivity contribution in [2.45, 2.75) is 0 Å². The summed E-state index contributed by atoms with van der Waals surface area (Å²) in [4.78, 5) is 13.2. The predicted molar refractivity (Wildman–Crippen MR) is 102 cm³/mol. The third-order valence-corrected chi connectivity index (χ3v) is 4.32. The van der Waals surface area contributed by atoms with Gasteiger partial charge in [-0.25, -0.2) is 4.98 Å². The fraction of sp³-hybridized carbons (Fsp3) is 0. The molecule has 0 saturated heterocycles. The number of rotatable bonds is 2. The van der Waals surface area contributed by atoms with Crippen molar-refractivity contribution in [2.75, 3.05) is 5.73 Å². The Bertz CT molecular complexity index is 1250. The van der Waals surface area contributed by atoms with Gasteiger partial charge in [0.2, 0.25) is 5.95 Å². The summed E-state index contributed by atoms with van der Waals surface area (Å²) in [7, 11) is 0. The summed E-state index contributed by atoms with van der Waals surface area (Å²) in [5.41, 5.74) is 9.40. The number of nitrogen functional groups attached to an aromatic ring is 1. The minimum Gasteiger partial charge on any atom is -0.456 e. The van der Waals surface area contributed by atoms with Crippen molar-refractivity contribution in [3.8, 4) is 22.8 Å². The quantitative estimate of drug-likeness (QED) is 0.505. The zero-order valence-corrected chi connectivity index (χ0v) is 13.8. The molecule has 0 aliphatic rings. The van der Waals surface area contributed by atoms with Gasteiger partial charge in [-0.15, -0.1) is 0 Å². The first-order chi connectivity index (χ1) is 12.8. The Morgan fingerprint density at radius 1 is 0.615 bits per heavy atom. The number of furan rings is 1. The molecule has 5 heteroatoms. The number of aromatic nitrogens is 3. The first-order valence-corrected chi connectivity index (χ1v) is 8.26. The smallest absolute Gasteiger partial charge is 0.224 e. The molecule has 0 amide bonds. The monoisotopic (exact) mass is 338 g/mol. The molecule has 0 aliphatic heterocycles. The van der Waals surface area contributed by atoms with E-state index >= 15 is 0 Å². The van der Waals surface area contributed by atoms with Gasteiger partial charge in [0.15, 0.2) is 11.6 Å². The fourth-order valence-corrected chi connectivity index (χ4v) is 3.10. The van der Waals surface area contributed by atoms with Crippen molar-refractivity contribution in [3.63, 3.8) is 0 Å². The van der Waals surface area contributed by atoms with Crippen LogP contribution in [0.25, 0.3) is 44.7 Å². The van der Waals surface area contributed by atoms with E-state index in [0.29, 0.717) is 11.6 Å². The van der Waals surface area contributed by atoms with Gasteiger partial charge in [-0.1, -0.05) is 48.5 Å². The molecule has 0 saturated carbocycles. The highest BCUT2D eigenvalue weighted by Crippen LogP contribution is 2.31. The molecule has 2 aromatic heterocycles. The van der Waals surface area contributed by atoms with Crippen molar-refractivity contribution in [1.82, 2.24) is 15.0 Å². The van der Waals surface area contributed by atoms with Gasteiger partial charge in [-0.3, -0.25) is 0 Å². The number of anilines is 1. The standard InChI is InChI=1S/C21H14N4O/c22-21-24-19(13-6-2-1-3-7-13)23-20(25-21)14-10-11-18-16(12-14)15-8-4-5-9-17(15)26-18/h1-12H,(H2,22,23,24,25). The molecule has 0 fully saturated rings. The molecule has 0 unspecified atom stereocenters. The molecular formula is C21H14N4O. The van der Waals surface area contributed by atoms with Crippen LogP contribution in [0.1, 0.15) is 0 Å². The summed E-state index contributed by atoms with van der Waals surface area (Å²) < 4.78 is 5.88. The third-order valence-electron chi connectivity index (χ3n) is 4.32. The van der Waals surface area contributed by atoms with E-state index in [1.54, 1.807) is 0 Å². The number of hydrogen-bond acceptors (Lipinski definition) is 5. The van der Waals surface area contributed by atoms with Gasteiger partial charge in [0.1, 0.15) is 11.2 Å². The second-order valence-corrected chi connectivity index (χ2v) is 6.02. The summed E-state index contributed by atoms with van der Waals surface area (Å²) in [5.74, 6) is 1.31. The average Bonchev–Trinajstić information content (AvgIpc) is 3.06. The lowest BCUT2D eigenvalue weighted by molar-refractivity contribution is 0.669. The van der Waals surface area contributed by atoms with Gasteiger partial charge < -0.3 is 10.2 Å². The maximum absolute atomic E-state index is 5.94. The fourth-order valence-electron chi connectivity index (χ4n) is 3.10. The van der Waals surface area contributed by atoms with Crippen LogP contribution in [-0.2, 0) is 0 Å². The molecule has 26 heavy (non-hydrogen) atoms. The van der Waals surface area contributed by atoms with Crippen molar-refractivity contribution in [1.29, 1.82) is 0 Å². The maximum Gasteiger partial charge on any atom is 0.224 e. The molecule has 2 heterocycles. The summed E-state index contributed by atoms with van der Waals surface area (Å²) in [6, 6.07) is 23.6. The van der Waals surface area contributed by atoms with E-state index in [-0.39, 0.29) is 5.95 Å². The van der Waals surface area contributed by atoms with E-state index in [1.165, 1.54) is 0 Å². The number of nitrogens with zero attached hydrogens (tertiary/aromatic N) is 3. The van der Waals surface area contributed by atoms with Crippen LogP contribution in [0.5, 0.6) is 0 Å². The van der Waals surface area contributed by atoms with Crippen molar-refractivity contribution < 1.29 is 4.42 Å². The van der Waals surface area contributed by atoms with Crippen molar-refractivity contribution in [3.05, 3.63) is 72.8 Å². The summed E-state index contributed by atoms with van der Waals surface area (Å²) >= 11 is 0. The van der Waals surface area contributed by atoms with E-state index in [1.807, 2.05) is 72.8 Å². The lowest BCUT2D eigenvalue weighted by Gasteiger charge is -2.05. The zero-order chi connectivity index (χ0) is 17.5. The lowest BCUT2D eigenvalue weighted by atomic mass is 10.1. The molecule has 3 aromatic carbocycles. The van der Waals surface area contributed by atoms with Crippen LogP contribution in [0.4, 0.5) is 5.95 Å². The molecule has 2 N–H and O–H groups in total. The van der Waals surface area contributed by atoms with Gasteiger partial charge in [0.25, 0.3) is 0 Å². The molecule has 0 spiro atoms. The Balaban J connectivity index is 1.70. The van der Waals surface area contributed by atoms with Crippen LogP contribution in [0.2, 0.25) is 0 Å². The number of fused-ring (bicyclic) bond motifs is 3. The number of benzene rings is 3. The highest BCUT2D eigenvalue weighted by molar-refractivity contribution is 6.06. The second kappa shape index (κ2) is 5.67. The van der Waals surface area contributed by atoms with Crippen LogP contribution < -0.4 is 5.73 Å². The Morgan fingerprint density at radius 3 is 2.15 bits per heavy atom. The molecule has 5 rings (SSSR count). The molecule has 0 atom stereocenters. The van der Waals surface area contributed by atoms with Crippen molar-refractivity contribution >= 4 is 27.9 Å². The molecule has 124 valence electrons. The van der Waals surface area contributed by atoms with E-state index in [2.05, 4.69) is 15.0 Å². The highest BCUT2D eigenvalue weighted by Gasteiger charge is 2.12. The van der Waals surface area contributed by atoms with Crippen LogP contribution >= 0.6 is 0 Å². The lowest BCUT2D eigenvalue weighted by Crippen LogP contribution is -2.02. The molecule has 0 aliphatic carbocycles. The van der Waals surface area contributed by atoms with Gasteiger partial charge in [0.05, 0.1) is 0 Å². The Hall–Kier alpha value is -3.73. The minimum absolute atomic E-state index is 0.200. The summed E-state index contributed by atoms with van der Waals surface area (Å²) in [6.07, 6.45) is 0. The average molecular weight is 338 g/mol. The topological polar surface area (TPSA) is 77.8 Å². The number of hydrogen-bond donors (Lipinski definition) is 1. The van der Waals surface area contributed by atoms with Crippen LogP contribution in [0.15, 0.2) is 77.2 Å². The minimum atomic E-state index is 0.200. The second-order valence-electron chi connectivity index (χ2n) is 6.02. The van der Waals surface area contributed by atoms with Crippen LogP contribution in [-0.4, -0.2) is 15.0 Å². The first kappa shape index (κ1) is 14.6. The Kier molecular flexibility index (Phi) is 3.18. The van der Waals surface area contributed by atoms with E-state index in [0.717, 1.165) is 33.1 Å². The molecular weight excluding hydrogens is 324 g/mol. The van der Waals surface area contributed by atoms with E-state index in [9.17, 15) is 0 Å². The van der Waals surface area contributed by atoms with Crippen molar-refractivity contribution in [2.24, 2.45) is 0 Å². The SMILES string of the molecule is Nc1nc(-c2ccccc2)nc(-c2ccc3oc4ccccc4c3c2)n1.